The monoisotopic (exact) mass is 430 g/mol. The zero-order chi connectivity index (χ0) is 22.2. The van der Waals surface area contributed by atoms with Crippen molar-refractivity contribution < 1.29 is 9.18 Å². The third kappa shape index (κ3) is 3.18. The summed E-state index contributed by atoms with van der Waals surface area (Å²) in [7, 11) is 0. The molecule has 0 spiro atoms. The second-order valence-corrected chi connectivity index (χ2v) is 7.53. The van der Waals surface area contributed by atoms with E-state index in [1.165, 1.54) is 29.1 Å². The number of likely N-dealkylation sites (tertiary alicyclic amines) is 1. The number of halogens is 1. The van der Waals surface area contributed by atoms with Crippen LogP contribution in [-0.4, -0.2) is 36.9 Å². The van der Waals surface area contributed by atoms with E-state index in [2.05, 4.69) is 15.0 Å². The van der Waals surface area contributed by atoms with E-state index in [4.69, 9.17) is 5.73 Å². The molecule has 2 aromatic carbocycles. The second kappa shape index (κ2) is 7.84. The number of amides is 1. The van der Waals surface area contributed by atoms with Crippen molar-refractivity contribution >= 4 is 22.6 Å². The molecule has 0 unspecified atom stereocenters. The van der Waals surface area contributed by atoms with Crippen molar-refractivity contribution in [3.8, 4) is 5.69 Å². The maximum atomic E-state index is 14.6. The predicted molar refractivity (Wildman–Crippen MR) is 117 cm³/mol. The van der Waals surface area contributed by atoms with Gasteiger partial charge >= 0.3 is 0 Å². The molecular weight excluding hydrogens is 411 g/mol. The number of para-hydroxylation sites is 1. The van der Waals surface area contributed by atoms with E-state index in [9.17, 15) is 14.0 Å². The van der Waals surface area contributed by atoms with Crippen LogP contribution in [-0.2, 0) is 0 Å². The number of fused-ring (bicyclic) bond motifs is 1. The lowest BCUT2D eigenvalue weighted by Crippen LogP contribution is -2.36. The molecule has 0 radical (unpaired) electrons. The topological polar surface area (TPSA) is 107 Å². The van der Waals surface area contributed by atoms with Gasteiger partial charge in [0.15, 0.2) is 11.5 Å². The maximum absolute atomic E-state index is 14.6. The van der Waals surface area contributed by atoms with E-state index in [0.717, 1.165) is 0 Å². The van der Waals surface area contributed by atoms with E-state index in [1.54, 1.807) is 35.2 Å². The lowest BCUT2D eigenvalue weighted by molar-refractivity contribution is 0.0723. The molecule has 3 heterocycles. The Balaban J connectivity index is 1.72. The van der Waals surface area contributed by atoms with Crippen molar-refractivity contribution in [3.05, 3.63) is 88.6 Å². The molecular formula is C23H19FN6O2. The molecule has 1 saturated heterocycles. The van der Waals surface area contributed by atoms with Crippen molar-refractivity contribution in [2.45, 2.75) is 18.9 Å². The summed E-state index contributed by atoms with van der Waals surface area (Å²) in [5.74, 6) is -0.612. The van der Waals surface area contributed by atoms with Gasteiger partial charge in [0.1, 0.15) is 17.0 Å². The number of rotatable bonds is 3. The van der Waals surface area contributed by atoms with Crippen LogP contribution in [0.2, 0.25) is 0 Å². The van der Waals surface area contributed by atoms with E-state index >= 15 is 0 Å². The van der Waals surface area contributed by atoms with Gasteiger partial charge in [-0.3, -0.25) is 14.2 Å². The van der Waals surface area contributed by atoms with Crippen LogP contribution in [0.3, 0.4) is 0 Å². The maximum Gasteiger partial charge on any atom is 0.276 e. The number of hydrogen-bond acceptors (Lipinski definition) is 6. The molecule has 1 atom stereocenters. The van der Waals surface area contributed by atoms with Crippen LogP contribution in [0.25, 0.3) is 16.6 Å². The van der Waals surface area contributed by atoms with E-state index in [-0.39, 0.29) is 28.3 Å². The van der Waals surface area contributed by atoms with Gasteiger partial charge in [-0.1, -0.05) is 24.3 Å². The Hall–Kier alpha value is -4.14. The number of aromatic nitrogens is 4. The van der Waals surface area contributed by atoms with Gasteiger partial charge in [-0.05, 0) is 37.1 Å². The predicted octanol–water partition coefficient (Wildman–Crippen LogP) is 2.87. The highest BCUT2D eigenvalue weighted by atomic mass is 19.1. The van der Waals surface area contributed by atoms with Gasteiger partial charge in [0.2, 0.25) is 0 Å². The Morgan fingerprint density at radius 2 is 1.84 bits per heavy atom. The lowest BCUT2D eigenvalue weighted by atomic mass is 10.1. The molecule has 0 saturated carbocycles. The van der Waals surface area contributed by atoms with Crippen molar-refractivity contribution in [1.29, 1.82) is 0 Å². The highest BCUT2D eigenvalue weighted by molar-refractivity contribution is 5.96. The Labute approximate surface area is 182 Å². The van der Waals surface area contributed by atoms with Crippen LogP contribution in [0.1, 0.15) is 35.2 Å². The fourth-order valence-corrected chi connectivity index (χ4v) is 4.18. The zero-order valence-electron chi connectivity index (χ0n) is 17.0. The average molecular weight is 430 g/mol. The first-order chi connectivity index (χ1) is 15.6. The summed E-state index contributed by atoms with van der Waals surface area (Å²) in [6.45, 7) is 0.450. The summed E-state index contributed by atoms with van der Waals surface area (Å²) in [6, 6.07) is 12.7. The van der Waals surface area contributed by atoms with Crippen molar-refractivity contribution in [1.82, 2.24) is 24.4 Å². The van der Waals surface area contributed by atoms with E-state index in [0.29, 0.717) is 30.9 Å². The molecule has 5 rings (SSSR count). The smallest absolute Gasteiger partial charge is 0.276 e. The molecule has 1 amide bonds. The normalized spacial score (nSPS) is 15.9. The number of carbonyl (C=O) groups is 1. The minimum atomic E-state index is -0.636. The number of carbonyl (C=O) groups excluding carboxylic acids is 1. The summed E-state index contributed by atoms with van der Waals surface area (Å²) < 4.78 is 16.0. The van der Waals surface area contributed by atoms with Gasteiger partial charge in [-0.2, -0.15) is 0 Å². The van der Waals surface area contributed by atoms with Gasteiger partial charge in [-0.25, -0.2) is 19.3 Å². The average Bonchev–Trinajstić information content (AvgIpc) is 3.29. The molecule has 4 aromatic rings. The number of nitrogens with zero attached hydrogens (tertiary/aromatic N) is 5. The number of benzene rings is 2. The van der Waals surface area contributed by atoms with Gasteiger partial charge in [0.05, 0.1) is 17.2 Å². The zero-order valence-corrected chi connectivity index (χ0v) is 17.0. The van der Waals surface area contributed by atoms with E-state index in [1.807, 2.05) is 6.07 Å². The van der Waals surface area contributed by atoms with Gasteiger partial charge < -0.3 is 10.6 Å². The van der Waals surface area contributed by atoms with Gasteiger partial charge in [0, 0.05) is 18.9 Å². The molecule has 160 valence electrons. The molecule has 2 N–H and O–H groups in total. The summed E-state index contributed by atoms with van der Waals surface area (Å²) >= 11 is 0. The molecule has 1 fully saturated rings. The number of anilines is 1. The fraction of sp³-hybridized carbons (Fsp3) is 0.174. The van der Waals surface area contributed by atoms with Gasteiger partial charge in [0.25, 0.3) is 11.5 Å². The summed E-state index contributed by atoms with van der Waals surface area (Å²) in [5.41, 5.74) is 6.20. The highest BCUT2D eigenvalue weighted by Gasteiger charge is 2.36. The molecule has 0 bridgehead atoms. The molecule has 8 nitrogen and oxygen atoms in total. The Morgan fingerprint density at radius 1 is 1.06 bits per heavy atom. The summed E-state index contributed by atoms with van der Waals surface area (Å²) in [5, 5.41) is -0.0888. The second-order valence-electron chi connectivity index (χ2n) is 7.53. The van der Waals surface area contributed by atoms with Crippen molar-refractivity contribution in [2.75, 3.05) is 12.3 Å². The fourth-order valence-electron chi connectivity index (χ4n) is 4.18. The minimum absolute atomic E-state index is 0.0390. The number of nitrogen functional groups attached to an aromatic ring is 1. The van der Waals surface area contributed by atoms with Crippen molar-refractivity contribution in [2.24, 2.45) is 0 Å². The quantitative estimate of drug-likeness (QED) is 0.536. The Morgan fingerprint density at radius 3 is 2.62 bits per heavy atom. The summed E-state index contributed by atoms with van der Waals surface area (Å²) in [6.07, 6.45) is 4.13. The Kier molecular flexibility index (Phi) is 4.85. The molecule has 9 heteroatoms. The van der Waals surface area contributed by atoms with Crippen LogP contribution in [0.4, 0.5) is 10.2 Å². The molecule has 1 aliphatic heterocycles. The highest BCUT2D eigenvalue weighted by Crippen LogP contribution is 2.33. The minimum Gasteiger partial charge on any atom is -0.382 e. The summed E-state index contributed by atoms with van der Waals surface area (Å²) in [4.78, 5) is 41.1. The molecule has 2 aromatic heterocycles. The number of nitrogens with two attached hydrogens (primary N) is 1. The van der Waals surface area contributed by atoms with Gasteiger partial charge in [-0.15, -0.1) is 0 Å². The van der Waals surface area contributed by atoms with Crippen LogP contribution >= 0.6 is 0 Å². The first-order valence-corrected chi connectivity index (χ1v) is 10.2. The first kappa shape index (κ1) is 19.8. The van der Waals surface area contributed by atoms with Crippen LogP contribution < -0.4 is 11.3 Å². The largest absolute Gasteiger partial charge is 0.382 e. The standard InChI is InChI=1S/C23H19FN6O2/c24-15-8-4-9-16-18(15)22(31)30(14-6-2-1-3-7-14)21(28-16)17-10-5-13-29(17)23(32)19-20(25)27-12-11-26-19/h1-4,6-9,11-12,17H,5,10,13H2,(H2,25,27)/t17-/m0/s1. The third-order valence-corrected chi connectivity index (χ3v) is 5.63. The van der Waals surface area contributed by atoms with E-state index < -0.39 is 17.4 Å². The lowest BCUT2D eigenvalue weighted by Gasteiger charge is -2.26. The molecule has 1 aliphatic rings. The third-order valence-electron chi connectivity index (χ3n) is 5.63. The van der Waals surface area contributed by atoms with Crippen LogP contribution in [0.5, 0.6) is 0 Å². The van der Waals surface area contributed by atoms with Crippen LogP contribution in [0, 0.1) is 5.82 Å². The Bertz CT molecular complexity index is 1390. The first-order valence-electron chi connectivity index (χ1n) is 10.2. The SMILES string of the molecule is Nc1nccnc1C(=O)N1CCC[C@H]1c1nc2cccc(F)c2c(=O)n1-c1ccccc1. The molecule has 32 heavy (non-hydrogen) atoms. The number of hydrogen-bond donors (Lipinski definition) is 1. The van der Waals surface area contributed by atoms with Crippen molar-refractivity contribution in [3.63, 3.8) is 0 Å². The molecule has 0 aliphatic carbocycles. The van der Waals surface area contributed by atoms with Crippen LogP contribution in [0.15, 0.2) is 65.7 Å².